The van der Waals surface area contributed by atoms with E-state index in [1.807, 2.05) is 20.8 Å². The summed E-state index contributed by atoms with van der Waals surface area (Å²) in [5.74, 6) is -0.555. The molecule has 0 bridgehead atoms. The Morgan fingerprint density at radius 3 is 2.77 bits per heavy atom. The van der Waals surface area contributed by atoms with Crippen molar-refractivity contribution in [1.82, 2.24) is 14.9 Å². The lowest BCUT2D eigenvalue weighted by Crippen LogP contribution is -2.36. The van der Waals surface area contributed by atoms with Crippen LogP contribution in [0, 0.1) is 11.4 Å². The standard InChI is InChI=1S/C16H20FN3O2/c1-16(2,3)10-20(15(21)22)9-11-7-13(19-8-11)12-5-4-6-18-14(12)17/h4-8,19H,9-10H2,1-3H3,(H,21,22). The number of aromatic nitrogens is 2. The van der Waals surface area contributed by atoms with E-state index < -0.39 is 12.0 Å². The van der Waals surface area contributed by atoms with Gasteiger partial charge in [0.2, 0.25) is 5.95 Å². The summed E-state index contributed by atoms with van der Waals surface area (Å²) in [4.78, 5) is 19.3. The molecule has 0 fully saturated rings. The average molecular weight is 305 g/mol. The van der Waals surface area contributed by atoms with E-state index in [4.69, 9.17) is 0 Å². The van der Waals surface area contributed by atoms with Crippen molar-refractivity contribution in [3.63, 3.8) is 0 Å². The van der Waals surface area contributed by atoms with E-state index in [0.29, 0.717) is 17.8 Å². The molecule has 22 heavy (non-hydrogen) atoms. The summed E-state index contributed by atoms with van der Waals surface area (Å²) < 4.78 is 13.7. The Kier molecular flexibility index (Phi) is 4.49. The molecule has 5 nitrogen and oxygen atoms in total. The van der Waals surface area contributed by atoms with Crippen LogP contribution in [-0.2, 0) is 6.54 Å². The quantitative estimate of drug-likeness (QED) is 0.845. The molecular weight excluding hydrogens is 285 g/mol. The first-order valence-electron chi connectivity index (χ1n) is 7.02. The van der Waals surface area contributed by atoms with Gasteiger partial charge in [-0.2, -0.15) is 4.39 Å². The highest BCUT2D eigenvalue weighted by molar-refractivity contribution is 5.65. The summed E-state index contributed by atoms with van der Waals surface area (Å²) in [7, 11) is 0. The van der Waals surface area contributed by atoms with E-state index in [9.17, 15) is 14.3 Å². The normalized spacial score (nSPS) is 11.5. The molecule has 0 radical (unpaired) electrons. The van der Waals surface area contributed by atoms with Gasteiger partial charge in [-0.1, -0.05) is 20.8 Å². The lowest BCUT2D eigenvalue weighted by Gasteiger charge is -2.27. The van der Waals surface area contributed by atoms with Crippen LogP contribution in [-0.4, -0.2) is 32.6 Å². The molecule has 0 saturated carbocycles. The molecule has 0 aliphatic rings. The fraction of sp³-hybridized carbons (Fsp3) is 0.375. The molecule has 2 aromatic heterocycles. The minimum absolute atomic E-state index is 0.132. The number of hydrogen-bond donors (Lipinski definition) is 2. The van der Waals surface area contributed by atoms with Crippen LogP contribution >= 0.6 is 0 Å². The van der Waals surface area contributed by atoms with Gasteiger partial charge >= 0.3 is 6.09 Å². The number of nitrogens with one attached hydrogen (secondary N) is 1. The molecule has 0 aliphatic carbocycles. The van der Waals surface area contributed by atoms with Crippen LogP contribution in [0.15, 0.2) is 30.6 Å². The molecule has 0 spiro atoms. The zero-order valence-electron chi connectivity index (χ0n) is 12.9. The Morgan fingerprint density at radius 1 is 1.45 bits per heavy atom. The fourth-order valence-electron chi connectivity index (χ4n) is 2.26. The van der Waals surface area contributed by atoms with Crippen LogP contribution in [0.5, 0.6) is 0 Å². The number of carbonyl (C=O) groups is 1. The van der Waals surface area contributed by atoms with Crippen molar-refractivity contribution in [2.75, 3.05) is 6.54 Å². The zero-order valence-corrected chi connectivity index (χ0v) is 12.9. The highest BCUT2D eigenvalue weighted by Crippen LogP contribution is 2.23. The van der Waals surface area contributed by atoms with E-state index in [1.165, 1.54) is 11.1 Å². The van der Waals surface area contributed by atoms with Crippen molar-refractivity contribution in [2.45, 2.75) is 27.3 Å². The SMILES string of the molecule is CC(C)(C)CN(Cc1c[nH]c(-c2cccnc2F)c1)C(=O)O. The maximum absolute atomic E-state index is 13.7. The number of halogens is 1. The number of H-pyrrole nitrogens is 1. The van der Waals surface area contributed by atoms with Gasteiger partial charge < -0.3 is 15.0 Å². The summed E-state index contributed by atoms with van der Waals surface area (Å²) in [5, 5.41) is 9.31. The maximum atomic E-state index is 13.7. The van der Waals surface area contributed by atoms with Gasteiger partial charge in [0, 0.05) is 18.9 Å². The van der Waals surface area contributed by atoms with Gasteiger partial charge in [0.15, 0.2) is 0 Å². The van der Waals surface area contributed by atoms with Gasteiger partial charge in [0.05, 0.1) is 17.8 Å². The summed E-state index contributed by atoms with van der Waals surface area (Å²) in [6, 6.07) is 5.03. The summed E-state index contributed by atoms with van der Waals surface area (Å²) >= 11 is 0. The first-order valence-corrected chi connectivity index (χ1v) is 7.02. The van der Waals surface area contributed by atoms with E-state index in [-0.39, 0.29) is 12.0 Å². The molecule has 0 aliphatic heterocycles. The summed E-state index contributed by atoms with van der Waals surface area (Å²) in [6.45, 7) is 6.62. The van der Waals surface area contributed by atoms with E-state index in [0.717, 1.165) is 5.56 Å². The lowest BCUT2D eigenvalue weighted by atomic mass is 9.96. The van der Waals surface area contributed by atoms with Gasteiger partial charge in [-0.25, -0.2) is 9.78 Å². The second kappa shape index (κ2) is 6.17. The Morgan fingerprint density at radius 2 is 2.18 bits per heavy atom. The minimum atomic E-state index is -0.967. The Bertz CT molecular complexity index is 661. The van der Waals surface area contributed by atoms with E-state index in [2.05, 4.69) is 9.97 Å². The third-order valence-corrected chi connectivity index (χ3v) is 3.10. The molecule has 0 atom stereocenters. The number of aromatic amines is 1. The molecular formula is C16H20FN3O2. The van der Waals surface area contributed by atoms with Crippen molar-refractivity contribution >= 4 is 6.09 Å². The predicted octanol–water partition coefficient (Wildman–Crippen LogP) is 3.74. The van der Waals surface area contributed by atoms with Gasteiger partial charge in [-0.3, -0.25) is 0 Å². The fourth-order valence-corrected chi connectivity index (χ4v) is 2.26. The number of carboxylic acid groups (broad SMARTS) is 1. The number of nitrogens with zero attached hydrogens (tertiary/aromatic N) is 2. The van der Waals surface area contributed by atoms with Gasteiger partial charge in [-0.05, 0) is 29.2 Å². The van der Waals surface area contributed by atoms with Crippen LogP contribution in [0.1, 0.15) is 26.3 Å². The van der Waals surface area contributed by atoms with Gasteiger partial charge in [-0.15, -0.1) is 0 Å². The highest BCUT2D eigenvalue weighted by atomic mass is 19.1. The van der Waals surface area contributed by atoms with Crippen molar-refractivity contribution in [1.29, 1.82) is 0 Å². The Balaban J connectivity index is 2.17. The maximum Gasteiger partial charge on any atom is 0.407 e. The molecule has 2 rings (SSSR count). The number of hydrogen-bond acceptors (Lipinski definition) is 2. The third kappa shape index (κ3) is 4.07. The summed E-state index contributed by atoms with van der Waals surface area (Å²) in [5.41, 5.74) is 1.60. The molecule has 0 saturated heterocycles. The third-order valence-electron chi connectivity index (χ3n) is 3.10. The topological polar surface area (TPSA) is 69.2 Å². The van der Waals surface area contributed by atoms with Crippen molar-refractivity contribution < 1.29 is 14.3 Å². The molecule has 2 aromatic rings. The van der Waals surface area contributed by atoms with E-state index in [1.54, 1.807) is 24.4 Å². The monoisotopic (exact) mass is 305 g/mol. The highest BCUT2D eigenvalue weighted by Gasteiger charge is 2.21. The van der Waals surface area contributed by atoms with Crippen LogP contribution in [0.3, 0.4) is 0 Å². The number of amides is 1. The van der Waals surface area contributed by atoms with Gasteiger partial charge in [0.1, 0.15) is 0 Å². The number of rotatable bonds is 4. The molecule has 118 valence electrons. The largest absolute Gasteiger partial charge is 0.465 e. The Labute approximate surface area is 128 Å². The minimum Gasteiger partial charge on any atom is -0.465 e. The smallest absolute Gasteiger partial charge is 0.407 e. The van der Waals surface area contributed by atoms with E-state index >= 15 is 0 Å². The zero-order chi connectivity index (χ0) is 16.3. The van der Waals surface area contributed by atoms with Crippen molar-refractivity contribution in [3.05, 3.63) is 42.1 Å². The van der Waals surface area contributed by atoms with Crippen LogP contribution in [0.25, 0.3) is 11.3 Å². The molecule has 2 N–H and O–H groups in total. The molecule has 6 heteroatoms. The Hall–Kier alpha value is -2.37. The molecule has 1 amide bonds. The van der Waals surface area contributed by atoms with Crippen molar-refractivity contribution in [2.24, 2.45) is 5.41 Å². The first-order chi connectivity index (χ1) is 10.3. The first kappa shape index (κ1) is 16.0. The van der Waals surface area contributed by atoms with Gasteiger partial charge in [0.25, 0.3) is 0 Å². The van der Waals surface area contributed by atoms with Crippen LogP contribution in [0.4, 0.5) is 9.18 Å². The van der Waals surface area contributed by atoms with Crippen LogP contribution < -0.4 is 0 Å². The summed E-state index contributed by atoms with van der Waals surface area (Å²) in [6.07, 6.45) is 2.11. The van der Waals surface area contributed by atoms with Crippen molar-refractivity contribution in [3.8, 4) is 11.3 Å². The predicted molar refractivity (Wildman–Crippen MR) is 81.9 cm³/mol. The lowest BCUT2D eigenvalue weighted by molar-refractivity contribution is 0.123. The molecule has 0 aromatic carbocycles. The molecule has 2 heterocycles. The van der Waals surface area contributed by atoms with Crippen LogP contribution in [0.2, 0.25) is 0 Å². The average Bonchev–Trinajstić information content (AvgIpc) is 2.85. The second-order valence-corrected chi connectivity index (χ2v) is 6.46. The number of pyridine rings is 1. The molecule has 0 unspecified atom stereocenters. The second-order valence-electron chi connectivity index (χ2n) is 6.46.